The lowest BCUT2D eigenvalue weighted by Gasteiger charge is -2.38. The maximum absolute atomic E-state index is 10.9. The molecule has 0 unspecified atom stereocenters. The molecule has 2 aromatic rings. The van der Waals surface area contributed by atoms with Crippen LogP contribution in [-0.4, -0.2) is 59.4 Å². The van der Waals surface area contributed by atoms with Gasteiger partial charge >= 0.3 is 6.09 Å². The summed E-state index contributed by atoms with van der Waals surface area (Å²) in [7, 11) is 3.37. The molecule has 1 aliphatic heterocycles. The van der Waals surface area contributed by atoms with Gasteiger partial charge in [0.25, 0.3) is 0 Å². The van der Waals surface area contributed by atoms with Crippen molar-refractivity contribution in [3.63, 3.8) is 0 Å². The first kappa shape index (κ1) is 15.9. The van der Waals surface area contributed by atoms with Gasteiger partial charge < -0.3 is 25.4 Å². The van der Waals surface area contributed by atoms with E-state index in [1.807, 2.05) is 25.2 Å². The third-order valence-corrected chi connectivity index (χ3v) is 3.91. The summed E-state index contributed by atoms with van der Waals surface area (Å²) in [4.78, 5) is 20.7. The molecule has 1 aliphatic rings. The number of rotatable bonds is 5. The molecule has 0 aliphatic carbocycles. The topological polar surface area (TPSA) is 99.6 Å². The number of pyridine rings is 2. The van der Waals surface area contributed by atoms with Crippen LogP contribution in [0.5, 0.6) is 5.88 Å². The Labute approximate surface area is 139 Å². The van der Waals surface area contributed by atoms with Gasteiger partial charge in [0.05, 0.1) is 18.8 Å². The largest absolute Gasteiger partial charge is 0.480 e. The number of ether oxygens (including phenoxy) is 1. The van der Waals surface area contributed by atoms with E-state index >= 15 is 0 Å². The number of amides is 1. The molecule has 0 spiro atoms. The van der Waals surface area contributed by atoms with Gasteiger partial charge in [0.15, 0.2) is 0 Å². The fourth-order valence-electron chi connectivity index (χ4n) is 2.57. The molecular weight excluding hydrogens is 310 g/mol. The van der Waals surface area contributed by atoms with Gasteiger partial charge in [-0.15, -0.1) is 0 Å². The predicted molar refractivity (Wildman–Crippen MR) is 90.6 cm³/mol. The minimum atomic E-state index is -0.900. The van der Waals surface area contributed by atoms with Crippen molar-refractivity contribution in [2.45, 2.75) is 6.04 Å². The number of carboxylic acid groups (broad SMARTS) is 1. The van der Waals surface area contributed by atoms with Crippen LogP contribution in [0.4, 0.5) is 16.3 Å². The molecule has 3 N–H and O–H groups in total. The lowest BCUT2D eigenvalue weighted by molar-refractivity contribution is 0.111. The van der Waals surface area contributed by atoms with Gasteiger partial charge in [0.2, 0.25) is 5.88 Å². The second-order valence-electron chi connectivity index (χ2n) is 5.49. The summed E-state index contributed by atoms with van der Waals surface area (Å²) in [6, 6.07) is 5.84. The molecule has 0 saturated carbocycles. The Morgan fingerprint density at radius 1 is 1.33 bits per heavy atom. The van der Waals surface area contributed by atoms with Crippen molar-refractivity contribution in [3.8, 4) is 17.0 Å². The second-order valence-corrected chi connectivity index (χ2v) is 5.49. The van der Waals surface area contributed by atoms with E-state index in [1.165, 1.54) is 4.90 Å². The molecule has 126 valence electrons. The van der Waals surface area contributed by atoms with E-state index < -0.39 is 6.09 Å². The van der Waals surface area contributed by atoms with Crippen molar-refractivity contribution in [3.05, 3.63) is 30.6 Å². The van der Waals surface area contributed by atoms with Gasteiger partial charge in [0, 0.05) is 38.1 Å². The first-order valence-electron chi connectivity index (χ1n) is 7.53. The summed E-state index contributed by atoms with van der Waals surface area (Å²) in [6.45, 7) is 0.893. The summed E-state index contributed by atoms with van der Waals surface area (Å²) in [5, 5.41) is 15.2. The highest BCUT2D eigenvalue weighted by molar-refractivity contribution is 5.72. The van der Waals surface area contributed by atoms with Crippen molar-refractivity contribution in [1.82, 2.24) is 14.9 Å². The molecule has 1 saturated heterocycles. The Kier molecular flexibility index (Phi) is 4.37. The molecule has 0 atom stereocenters. The van der Waals surface area contributed by atoms with Crippen LogP contribution >= 0.6 is 0 Å². The molecule has 3 rings (SSSR count). The van der Waals surface area contributed by atoms with Crippen LogP contribution < -0.4 is 15.4 Å². The van der Waals surface area contributed by atoms with Gasteiger partial charge in [-0.25, -0.2) is 14.8 Å². The summed E-state index contributed by atoms with van der Waals surface area (Å²) in [6.07, 6.45) is 2.57. The molecular formula is C16H19N5O3. The van der Waals surface area contributed by atoms with Crippen molar-refractivity contribution in [2.75, 3.05) is 37.9 Å². The summed E-state index contributed by atoms with van der Waals surface area (Å²) >= 11 is 0. The Morgan fingerprint density at radius 3 is 2.79 bits per heavy atom. The van der Waals surface area contributed by atoms with E-state index in [-0.39, 0.29) is 6.04 Å². The van der Waals surface area contributed by atoms with Crippen molar-refractivity contribution >= 4 is 17.6 Å². The van der Waals surface area contributed by atoms with Crippen LogP contribution in [0.2, 0.25) is 0 Å². The molecule has 24 heavy (non-hydrogen) atoms. The fourth-order valence-corrected chi connectivity index (χ4v) is 2.57. The molecule has 8 nitrogen and oxygen atoms in total. The van der Waals surface area contributed by atoms with Crippen LogP contribution in [0.15, 0.2) is 30.6 Å². The van der Waals surface area contributed by atoms with Crippen molar-refractivity contribution in [1.29, 1.82) is 0 Å². The minimum absolute atomic E-state index is 0.0531. The zero-order chi connectivity index (χ0) is 17.1. The molecule has 3 heterocycles. The monoisotopic (exact) mass is 329 g/mol. The van der Waals surface area contributed by atoms with Crippen LogP contribution in [0.3, 0.4) is 0 Å². The van der Waals surface area contributed by atoms with E-state index in [9.17, 15) is 4.79 Å². The number of likely N-dealkylation sites (tertiary alicyclic amines) is 1. The average Bonchev–Trinajstić information content (AvgIpc) is 2.57. The highest BCUT2D eigenvalue weighted by atomic mass is 16.5. The maximum atomic E-state index is 10.9. The SMILES string of the molecule is CNc1cc(-c2cnc(OC)c(NC3CN(C(=O)O)C3)c2)ccn1. The Hall–Kier alpha value is -3.03. The van der Waals surface area contributed by atoms with E-state index in [4.69, 9.17) is 9.84 Å². The first-order valence-corrected chi connectivity index (χ1v) is 7.53. The normalized spacial score (nSPS) is 14.0. The van der Waals surface area contributed by atoms with Gasteiger partial charge in [-0.1, -0.05) is 0 Å². The molecule has 8 heteroatoms. The number of carbonyl (C=O) groups is 1. The number of methoxy groups -OCH3 is 1. The smallest absolute Gasteiger partial charge is 0.407 e. The first-order chi connectivity index (χ1) is 11.6. The summed E-state index contributed by atoms with van der Waals surface area (Å²) in [5.41, 5.74) is 2.65. The summed E-state index contributed by atoms with van der Waals surface area (Å²) in [5.74, 6) is 1.25. The van der Waals surface area contributed by atoms with Gasteiger partial charge in [-0.3, -0.25) is 0 Å². The second kappa shape index (κ2) is 6.61. The number of aromatic nitrogens is 2. The number of anilines is 2. The number of nitrogens with one attached hydrogen (secondary N) is 2. The molecule has 1 amide bonds. The highest BCUT2D eigenvalue weighted by Gasteiger charge is 2.31. The van der Waals surface area contributed by atoms with E-state index in [1.54, 1.807) is 19.5 Å². The quantitative estimate of drug-likeness (QED) is 0.771. The Balaban J connectivity index is 1.82. The fraction of sp³-hybridized carbons (Fsp3) is 0.312. The third-order valence-electron chi connectivity index (χ3n) is 3.91. The third kappa shape index (κ3) is 3.17. The van der Waals surface area contributed by atoms with Gasteiger partial charge in [0.1, 0.15) is 5.82 Å². The molecule has 0 bridgehead atoms. The van der Waals surface area contributed by atoms with Crippen LogP contribution in [0.25, 0.3) is 11.1 Å². The zero-order valence-corrected chi connectivity index (χ0v) is 13.5. The highest BCUT2D eigenvalue weighted by Crippen LogP contribution is 2.30. The zero-order valence-electron chi connectivity index (χ0n) is 13.5. The predicted octanol–water partition coefficient (Wildman–Crippen LogP) is 1.97. The molecule has 0 aromatic carbocycles. The molecule has 0 radical (unpaired) electrons. The van der Waals surface area contributed by atoms with Crippen molar-refractivity contribution < 1.29 is 14.6 Å². The summed E-state index contributed by atoms with van der Waals surface area (Å²) < 4.78 is 5.30. The van der Waals surface area contributed by atoms with Crippen LogP contribution in [0, 0.1) is 0 Å². The Morgan fingerprint density at radius 2 is 2.12 bits per heavy atom. The molecule has 1 fully saturated rings. The average molecular weight is 329 g/mol. The van der Waals surface area contributed by atoms with E-state index in [0.29, 0.717) is 19.0 Å². The van der Waals surface area contributed by atoms with Crippen LogP contribution in [0.1, 0.15) is 0 Å². The number of hydrogen-bond acceptors (Lipinski definition) is 6. The lowest BCUT2D eigenvalue weighted by Crippen LogP contribution is -2.56. The maximum Gasteiger partial charge on any atom is 0.407 e. The number of nitrogens with zero attached hydrogens (tertiary/aromatic N) is 3. The van der Waals surface area contributed by atoms with Gasteiger partial charge in [-0.2, -0.15) is 0 Å². The minimum Gasteiger partial charge on any atom is -0.480 e. The van der Waals surface area contributed by atoms with Gasteiger partial charge in [-0.05, 0) is 23.8 Å². The van der Waals surface area contributed by atoms with E-state index in [0.717, 1.165) is 22.6 Å². The van der Waals surface area contributed by atoms with Crippen LogP contribution in [-0.2, 0) is 0 Å². The lowest BCUT2D eigenvalue weighted by atomic mass is 10.1. The molecule has 2 aromatic heterocycles. The standard InChI is InChI=1S/C16H19N5O3/c1-17-14-6-10(3-4-18-14)11-5-13(15(24-2)19-7-11)20-12-8-21(9-12)16(22)23/h3-7,12,20H,8-9H2,1-2H3,(H,17,18)(H,22,23). The van der Waals surface area contributed by atoms with Crippen molar-refractivity contribution in [2.24, 2.45) is 0 Å². The number of hydrogen-bond donors (Lipinski definition) is 3. The van der Waals surface area contributed by atoms with E-state index in [2.05, 4.69) is 20.6 Å². The Bertz CT molecular complexity index is 746.